The van der Waals surface area contributed by atoms with E-state index in [2.05, 4.69) is 10.6 Å². The lowest BCUT2D eigenvalue weighted by Gasteiger charge is -2.33. The number of ether oxygens (including phenoxy) is 2. The third-order valence-corrected chi connectivity index (χ3v) is 6.18. The molecule has 0 spiro atoms. The molecule has 2 N–H and O–H groups in total. The minimum Gasteiger partial charge on any atom is -0.497 e. The van der Waals surface area contributed by atoms with Gasteiger partial charge in [-0.2, -0.15) is 11.8 Å². The van der Waals surface area contributed by atoms with E-state index in [4.69, 9.17) is 9.47 Å². The predicted molar refractivity (Wildman–Crippen MR) is 149 cm³/mol. The first-order chi connectivity index (χ1) is 17.5. The van der Waals surface area contributed by atoms with Crippen LogP contribution in [0.1, 0.15) is 51.3 Å². The van der Waals surface area contributed by atoms with Crippen molar-refractivity contribution >= 4 is 35.4 Å². The van der Waals surface area contributed by atoms with E-state index in [1.165, 1.54) is 4.90 Å². The zero-order chi connectivity index (χ0) is 27.6. The van der Waals surface area contributed by atoms with Crippen molar-refractivity contribution in [2.24, 2.45) is 0 Å². The Morgan fingerprint density at radius 2 is 1.65 bits per heavy atom. The van der Waals surface area contributed by atoms with Crippen molar-refractivity contribution in [3.63, 3.8) is 0 Å². The summed E-state index contributed by atoms with van der Waals surface area (Å²) < 4.78 is 10.6. The summed E-state index contributed by atoms with van der Waals surface area (Å²) in [5.41, 5.74) is 1.59. The second kappa shape index (κ2) is 13.9. The fourth-order valence-electron chi connectivity index (χ4n) is 3.72. The van der Waals surface area contributed by atoms with Crippen molar-refractivity contribution in [2.45, 2.75) is 58.7 Å². The summed E-state index contributed by atoms with van der Waals surface area (Å²) in [7, 11) is 1.57. The van der Waals surface area contributed by atoms with Crippen molar-refractivity contribution < 1.29 is 23.9 Å². The van der Waals surface area contributed by atoms with Crippen molar-refractivity contribution in [1.29, 1.82) is 0 Å². The summed E-state index contributed by atoms with van der Waals surface area (Å²) in [6.45, 7) is 9.34. The number of methoxy groups -OCH3 is 1. The van der Waals surface area contributed by atoms with Gasteiger partial charge in [0.05, 0.1) is 7.11 Å². The molecule has 0 aromatic heterocycles. The second-order valence-electron chi connectivity index (χ2n) is 9.64. The van der Waals surface area contributed by atoms with Crippen LogP contribution in [0.4, 0.5) is 10.5 Å². The van der Waals surface area contributed by atoms with E-state index in [1.54, 1.807) is 63.9 Å². The molecule has 3 amide bonds. The lowest BCUT2D eigenvalue weighted by molar-refractivity contribution is -0.140. The van der Waals surface area contributed by atoms with Gasteiger partial charge in [0.15, 0.2) is 0 Å². The summed E-state index contributed by atoms with van der Waals surface area (Å²) in [6.07, 6.45) is 1.66. The summed E-state index contributed by atoms with van der Waals surface area (Å²) in [6, 6.07) is 12.8. The van der Waals surface area contributed by atoms with Crippen LogP contribution in [0.2, 0.25) is 0 Å². The van der Waals surface area contributed by atoms with Crippen LogP contribution in [0, 0.1) is 6.92 Å². The summed E-state index contributed by atoms with van der Waals surface area (Å²) in [4.78, 5) is 41.6. The molecule has 0 saturated carbocycles. The van der Waals surface area contributed by atoms with E-state index in [9.17, 15) is 14.4 Å². The molecule has 9 heteroatoms. The zero-order valence-corrected chi connectivity index (χ0v) is 23.6. The number of benzene rings is 2. The van der Waals surface area contributed by atoms with Crippen molar-refractivity contribution in [2.75, 3.05) is 31.0 Å². The Morgan fingerprint density at radius 3 is 2.16 bits per heavy atom. The van der Waals surface area contributed by atoms with Crippen LogP contribution in [0.5, 0.6) is 5.75 Å². The molecular weight excluding hydrogens is 490 g/mol. The Hall–Kier alpha value is -3.20. The first-order valence-corrected chi connectivity index (χ1v) is 13.7. The number of carbonyl (C=O) groups excluding carboxylic acids is 3. The second-order valence-corrected chi connectivity index (χ2v) is 10.6. The molecule has 0 fully saturated rings. The topological polar surface area (TPSA) is 97.0 Å². The van der Waals surface area contributed by atoms with E-state index in [0.717, 1.165) is 5.56 Å². The lowest BCUT2D eigenvalue weighted by atomic mass is 10.0. The number of alkyl carbamates (subject to hydrolysis) is 1. The van der Waals surface area contributed by atoms with Gasteiger partial charge in [0.1, 0.15) is 23.4 Å². The van der Waals surface area contributed by atoms with E-state index in [1.807, 2.05) is 44.4 Å². The predicted octanol–water partition coefficient (Wildman–Crippen LogP) is 5.18. The van der Waals surface area contributed by atoms with E-state index in [0.29, 0.717) is 29.2 Å². The number of nitrogens with one attached hydrogen (secondary N) is 2. The number of thioether (sulfide) groups is 1. The number of aryl methyl sites for hydroxylation is 1. The summed E-state index contributed by atoms with van der Waals surface area (Å²) in [5, 5.41) is 5.65. The van der Waals surface area contributed by atoms with Crippen molar-refractivity contribution in [1.82, 2.24) is 10.2 Å². The van der Waals surface area contributed by atoms with Crippen LogP contribution in [0.25, 0.3) is 0 Å². The standard InChI is InChI=1S/C28H39N3O5S/c1-8-31(26(33)23(17-18-37-7)30-27(34)36-28(3,4)5)24(20-11-9-19(2)10-12-20)25(32)29-21-13-15-22(35-6)16-14-21/h9-16,23-24H,8,17-18H2,1-7H3,(H,29,32)(H,30,34). The van der Waals surface area contributed by atoms with Crippen molar-refractivity contribution in [3.8, 4) is 5.75 Å². The van der Waals surface area contributed by atoms with Crippen LogP contribution < -0.4 is 15.4 Å². The smallest absolute Gasteiger partial charge is 0.408 e. The van der Waals surface area contributed by atoms with Crippen molar-refractivity contribution in [3.05, 3.63) is 59.7 Å². The molecule has 2 rings (SSSR count). The molecule has 0 aliphatic rings. The van der Waals surface area contributed by atoms with Crippen LogP contribution in [-0.4, -0.2) is 60.1 Å². The highest BCUT2D eigenvalue weighted by molar-refractivity contribution is 7.98. The number of anilines is 1. The van der Waals surface area contributed by atoms with Crippen LogP contribution in [0.3, 0.4) is 0 Å². The normalized spacial score (nSPS) is 12.7. The molecule has 2 aromatic rings. The fourth-order valence-corrected chi connectivity index (χ4v) is 4.19. The van der Waals surface area contributed by atoms with Gasteiger partial charge in [-0.3, -0.25) is 9.59 Å². The summed E-state index contributed by atoms with van der Waals surface area (Å²) in [5.74, 6) is 0.614. The molecule has 2 aromatic carbocycles. The maximum atomic E-state index is 13.9. The monoisotopic (exact) mass is 529 g/mol. The van der Waals surface area contributed by atoms with Crippen LogP contribution in [0.15, 0.2) is 48.5 Å². The first-order valence-electron chi connectivity index (χ1n) is 12.3. The minimum absolute atomic E-state index is 0.263. The zero-order valence-electron chi connectivity index (χ0n) is 22.8. The molecule has 0 aliphatic heterocycles. The Bertz CT molecular complexity index is 1040. The highest BCUT2D eigenvalue weighted by atomic mass is 32.2. The third kappa shape index (κ3) is 9.31. The average Bonchev–Trinajstić information content (AvgIpc) is 2.84. The molecule has 8 nitrogen and oxygen atoms in total. The third-order valence-electron chi connectivity index (χ3n) is 5.53. The van der Waals surface area contributed by atoms with Gasteiger partial charge in [-0.25, -0.2) is 4.79 Å². The largest absolute Gasteiger partial charge is 0.497 e. The van der Waals surface area contributed by atoms with Gasteiger partial charge >= 0.3 is 6.09 Å². The lowest BCUT2D eigenvalue weighted by Crippen LogP contribution is -2.52. The molecule has 0 heterocycles. The molecule has 0 bridgehead atoms. The molecule has 0 radical (unpaired) electrons. The maximum Gasteiger partial charge on any atom is 0.408 e. The Balaban J connectivity index is 2.40. The SMILES string of the molecule is CCN(C(=O)C(CCSC)NC(=O)OC(C)(C)C)C(C(=O)Nc1ccc(OC)cc1)c1ccc(C)cc1. The highest BCUT2D eigenvalue weighted by Gasteiger charge is 2.35. The van der Waals surface area contributed by atoms with Gasteiger partial charge in [0.25, 0.3) is 5.91 Å². The van der Waals surface area contributed by atoms with Gasteiger partial charge in [-0.1, -0.05) is 29.8 Å². The molecule has 37 heavy (non-hydrogen) atoms. The number of amides is 3. The van der Waals surface area contributed by atoms with E-state index >= 15 is 0 Å². The Labute approximate surface area is 224 Å². The molecular formula is C28H39N3O5S. The number of rotatable bonds is 11. The molecule has 0 aliphatic carbocycles. The quantitative estimate of drug-likeness (QED) is 0.416. The molecule has 2 unspecified atom stereocenters. The number of nitrogens with zero attached hydrogens (tertiary/aromatic N) is 1. The van der Waals surface area contributed by atoms with E-state index < -0.39 is 23.8 Å². The van der Waals surface area contributed by atoms with Gasteiger partial charge in [0.2, 0.25) is 5.91 Å². The van der Waals surface area contributed by atoms with Gasteiger partial charge in [-0.05, 0) is 82.9 Å². The van der Waals surface area contributed by atoms with Gasteiger partial charge in [0, 0.05) is 12.2 Å². The Kier molecular flexibility index (Phi) is 11.3. The maximum absolute atomic E-state index is 13.9. The Morgan fingerprint density at radius 1 is 1.03 bits per heavy atom. The minimum atomic E-state index is -0.905. The van der Waals surface area contributed by atoms with E-state index in [-0.39, 0.29) is 18.4 Å². The molecule has 0 saturated heterocycles. The molecule has 202 valence electrons. The number of hydrogen-bond acceptors (Lipinski definition) is 6. The van der Waals surface area contributed by atoms with Crippen LogP contribution >= 0.6 is 11.8 Å². The average molecular weight is 530 g/mol. The molecule has 2 atom stereocenters. The fraction of sp³-hybridized carbons (Fsp3) is 0.464. The van der Waals surface area contributed by atoms with Crippen LogP contribution in [-0.2, 0) is 14.3 Å². The van der Waals surface area contributed by atoms with Gasteiger partial charge < -0.3 is 25.0 Å². The first kappa shape index (κ1) is 30.0. The van der Waals surface area contributed by atoms with Gasteiger partial charge in [-0.15, -0.1) is 0 Å². The number of hydrogen-bond donors (Lipinski definition) is 2. The number of likely N-dealkylation sites (N-methyl/N-ethyl adjacent to an activating group) is 1. The number of carbonyl (C=O) groups is 3. The summed E-state index contributed by atoms with van der Waals surface area (Å²) >= 11 is 1.57. The highest BCUT2D eigenvalue weighted by Crippen LogP contribution is 2.26.